The van der Waals surface area contributed by atoms with Gasteiger partial charge in [-0.25, -0.2) is 13.1 Å². The standard InChI is InChI=1S/C20H30N2O3S/c1-15(2)26(23,24)22-14-16(3)7-5-11-21-19-10-9-18(13-17(19)4)20-8-6-12-25-20/h6,8-10,12-13,15-16,21-22H,5,7,11,14H2,1-4H3. The molecular formula is C20H30N2O3S. The molecule has 2 aromatic rings. The third-order valence-electron chi connectivity index (χ3n) is 4.47. The number of hydrogen-bond donors (Lipinski definition) is 2. The fourth-order valence-corrected chi connectivity index (χ4v) is 3.51. The van der Waals surface area contributed by atoms with Crippen molar-refractivity contribution in [2.24, 2.45) is 5.92 Å². The maximum Gasteiger partial charge on any atom is 0.213 e. The van der Waals surface area contributed by atoms with Gasteiger partial charge in [-0.2, -0.15) is 0 Å². The van der Waals surface area contributed by atoms with Gasteiger partial charge in [-0.05, 0) is 75.4 Å². The highest BCUT2D eigenvalue weighted by Crippen LogP contribution is 2.25. The quantitative estimate of drug-likeness (QED) is 0.601. The summed E-state index contributed by atoms with van der Waals surface area (Å²) in [7, 11) is -3.17. The van der Waals surface area contributed by atoms with Crippen molar-refractivity contribution in [3.05, 3.63) is 42.2 Å². The van der Waals surface area contributed by atoms with Crippen LogP contribution in [0.2, 0.25) is 0 Å². The highest BCUT2D eigenvalue weighted by Gasteiger charge is 2.16. The summed E-state index contributed by atoms with van der Waals surface area (Å²) < 4.78 is 31.7. The number of aryl methyl sites for hydroxylation is 1. The van der Waals surface area contributed by atoms with Crippen LogP contribution >= 0.6 is 0 Å². The molecule has 0 aliphatic heterocycles. The number of furan rings is 1. The molecule has 0 aliphatic rings. The normalized spacial score (nSPS) is 13.1. The van der Waals surface area contributed by atoms with Gasteiger partial charge in [0.25, 0.3) is 0 Å². The Hall–Kier alpha value is -1.79. The molecule has 6 heteroatoms. The molecule has 1 aromatic heterocycles. The highest BCUT2D eigenvalue weighted by molar-refractivity contribution is 7.90. The molecule has 1 atom stereocenters. The van der Waals surface area contributed by atoms with E-state index in [-0.39, 0.29) is 5.25 Å². The average molecular weight is 379 g/mol. The van der Waals surface area contributed by atoms with Crippen LogP contribution in [0.3, 0.4) is 0 Å². The van der Waals surface area contributed by atoms with Gasteiger partial charge in [0.2, 0.25) is 10.0 Å². The van der Waals surface area contributed by atoms with Crippen molar-refractivity contribution < 1.29 is 12.8 Å². The summed E-state index contributed by atoms with van der Waals surface area (Å²) in [5.74, 6) is 1.19. The van der Waals surface area contributed by atoms with E-state index in [1.165, 1.54) is 5.56 Å². The first-order valence-electron chi connectivity index (χ1n) is 9.16. The van der Waals surface area contributed by atoms with E-state index in [2.05, 4.69) is 42.1 Å². The Morgan fingerprint density at radius 2 is 1.92 bits per heavy atom. The molecule has 1 aromatic carbocycles. The minimum Gasteiger partial charge on any atom is -0.464 e. The van der Waals surface area contributed by atoms with Crippen molar-refractivity contribution >= 4 is 15.7 Å². The van der Waals surface area contributed by atoms with Gasteiger partial charge in [0.05, 0.1) is 11.5 Å². The van der Waals surface area contributed by atoms with E-state index in [1.54, 1.807) is 20.1 Å². The topological polar surface area (TPSA) is 71.3 Å². The van der Waals surface area contributed by atoms with Gasteiger partial charge < -0.3 is 9.73 Å². The van der Waals surface area contributed by atoms with Crippen LogP contribution in [0, 0.1) is 12.8 Å². The second-order valence-electron chi connectivity index (χ2n) is 7.12. The van der Waals surface area contributed by atoms with Crippen LogP contribution in [0.15, 0.2) is 41.0 Å². The largest absolute Gasteiger partial charge is 0.464 e. The molecule has 0 spiro atoms. The van der Waals surface area contributed by atoms with Crippen molar-refractivity contribution in [1.82, 2.24) is 4.72 Å². The molecule has 5 nitrogen and oxygen atoms in total. The van der Waals surface area contributed by atoms with E-state index in [9.17, 15) is 8.42 Å². The SMILES string of the molecule is Cc1cc(-c2ccco2)ccc1NCCCC(C)CNS(=O)(=O)C(C)C. The number of nitrogens with one attached hydrogen (secondary N) is 2. The lowest BCUT2D eigenvalue weighted by Gasteiger charge is -2.15. The fraction of sp³-hybridized carbons (Fsp3) is 0.500. The summed E-state index contributed by atoms with van der Waals surface area (Å²) in [5.41, 5.74) is 3.37. The Morgan fingerprint density at radius 1 is 1.15 bits per heavy atom. The molecule has 1 heterocycles. The number of anilines is 1. The van der Waals surface area contributed by atoms with E-state index in [0.29, 0.717) is 12.5 Å². The Bertz CT molecular complexity index is 783. The summed E-state index contributed by atoms with van der Waals surface area (Å²) in [6.07, 6.45) is 3.64. The molecule has 0 bridgehead atoms. The van der Waals surface area contributed by atoms with E-state index in [0.717, 1.165) is 36.4 Å². The molecule has 26 heavy (non-hydrogen) atoms. The molecule has 0 saturated heterocycles. The summed E-state index contributed by atoms with van der Waals surface area (Å²) >= 11 is 0. The molecule has 144 valence electrons. The van der Waals surface area contributed by atoms with Crippen LogP contribution in [0.1, 0.15) is 39.2 Å². The molecule has 0 radical (unpaired) electrons. The summed E-state index contributed by atoms with van der Waals surface area (Å²) in [4.78, 5) is 0. The number of benzene rings is 1. The first kappa shape index (κ1) is 20.5. The van der Waals surface area contributed by atoms with Crippen molar-refractivity contribution in [3.63, 3.8) is 0 Å². The molecule has 0 fully saturated rings. The minimum atomic E-state index is -3.17. The van der Waals surface area contributed by atoms with E-state index >= 15 is 0 Å². The zero-order valence-corrected chi connectivity index (χ0v) is 16.9. The van der Waals surface area contributed by atoms with Crippen LogP contribution in [-0.2, 0) is 10.0 Å². The van der Waals surface area contributed by atoms with E-state index in [4.69, 9.17) is 4.42 Å². The lowest BCUT2D eigenvalue weighted by atomic mass is 10.1. The van der Waals surface area contributed by atoms with Crippen LogP contribution in [0.4, 0.5) is 5.69 Å². The molecule has 2 rings (SSSR count). The third kappa shape index (κ3) is 5.88. The van der Waals surface area contributed by atoms with Gasteiger partial charge in [0.1, 0.15) is 5.76 Å². The molecule has 0 aliphatic carbocycles. The van der Waals surface area contributed by atoms with Crippen molar-refractivity contribution in [2.75, 3.05) is 18.4 Å². The molecule has 0 saturated carbocycles. The summed E-state index contributed by atoms with van der Waals surface area (Å²) in [6, 6.07) is 10.1. The second-order valence-corrected chi connectivity index (χ2v) is 9.44. The maximum absolute atomic E-state index is 11.8. The lowest BCUT2D eigenvalue weighted by molar-refractivity contribution is 0.497. The van der Waals surface area contributed by atoms with E-state index < -0.39 is 10.0 Å². The zero-order valence-electron chi connectivity index (χ0n) is 16.1. The van der Waals surface area contributed by atoms with Crippen molar-refractivity contribution in [1.29, 1.82) is 0 Å². The Balaban J connectivity index is 1.74. The van der Waals surface area contributed by atoms with Crippen LogP contribution in [0.25, 0.3) is 11.3 Å². The van der Waals surface area contributed by atoms with Gasteiger partial charge >= 0.3 is 0 Å². The Morgan fingerprint density at radius 3 is 2.54 bits per heavy atom. The predicted molar refractivity (Wildman–Crippen MR) is 108 cm³/mol. The Kier molecular flexibility index (Phi) is 7.29. The van der Waals surface area contributed by atoms with E-state index in [1.807, 2.05) is 12.1 Å². The average Bonchev–Trinajstić information content (AvgIpc) is 3.12. The van der Waals surface area contributed by atoms with Gasteiger partial charge in [-0.15, -0.1) is 0 Å². The molecule has 1 unspecified atom stereocenters. The number of hydrogen-bond acceptors (Lipinski definition) is 4. The monoisotopic (exact) mass is 378 g/mol. The van der Waals surface area contributed by atoms with Crippen molar-refractivity contribution in [2.45, 2.75) is 45.8 Å². The fourth-order valence-electron chi connectivity index (χ4n) is 2.66. The highest BCUT2D eigenvalue weighted by atomic mass is 32.2. The maximum atomic E-state index is 11.8. The predicted octanol–water partition coefficient (Wildman–Crippen LogP) is 4.41. The smallest absolute Gasteiger partial charge is 0.213 e. The molecule has 2 N–H and O–H groups in total. The third-order valence-corrected chi connectivity index (χ3v) is 6.29. The van der Waals surface area contributed by atoms with Gasteiger partial charge in [0, 0.05) is 24.3 Å². The molecule has 0 amide bonds. The van der Waals surface area contributed by atoms with Gasteiger partial charge in [-0.3, -0.25) is 0 Å². The van der Waals surface area contributed by atoms with Crippen LogP contribution in [0.5, 0.6) is 0 Å². The second kappa shape index (κ2) is 9.24. The summed E-state index contributed by atoms with van der Waals surface area (Å²) in [5, 5.41) is 3.08. The first-order chi connectivity index (χ1) is 12.3. The Labute approximate surface area is 157 Å². The minimum absolute atomic E-state index is 0.313. The zero-order chi connectivity index (χ0) is 19.2. The number of rotatable bonds is 10. The lowest BCUT2D eigenvalue weighted by Crippen LogP contribution is -2.34. The first-order valence-corrected chi connectivity index (χ1v) is 10.7. The van der Waals surface area contributed by atoms with Gasteiger partial charge in [-0.1, -0.05) is 6.92 Å². The van der Waals surface area contributed by atoms with Crippen molar-refractivity contribution in [3.8, 4) is 11.3 Å². The van der Waals surface area contributed by atoms with Crippen LogP contribution < -0.4 is 10.0 Å². The number of sulfonamides is 1. The van der Waals surface area contributed by atoms with Gasteiger partial charge in [0.15, 0.2) is 0 Å². The van der Waals surface area contributed by atoms with Crippen LogP contribution in [-0.4, -0.2) is 26.8 Å². The summed E-state index contributed by atoms with van der Waals surface area (Å²) in [6.45, 7) is 8.90. The molecular weight excluding hydrogens is 348 g/mol.